The highest BCUT2D eigenvalue weighted by Crippen LogP contribution is 2.37. The summed E-state index contributed by atoms with van der Waals surface area (Å²) in [4.78, 5) is 24.8. The first kappa shape index (κ1) is 21.2. The number of aromatic nitrogens is 4. The summed E-state index contributed by atoms with van der Waals surface area (Å²) in [6.45, 7) is 2.26. The molecule has 1 amide bonds. The van der Waals surface area contributed by atoms with E-state index in [-0.39, 0.29) is 11.9 Å². The van der Waals surface area contributed by atoms with Gasteiger partial charge >= 0.3 is 0 Å². The molecule has 1 aliphatic heterocycles. The average molecular weight is 459 g/mol. The van der Waals surface area contributed by atoms with Crippen molar-refractivity contribution in [1.82, 2.24) is 24.0 Å². The van der Waals surface area contributed by atoms with E-state index in [2.05, 4.69) is 26.3 Å². The second-order valence-corrected chi connectivity index (χ2v) is 9.68. The summed E-state index contributed by atoms with van der Waals surface area (Å²) in [5.74, 6) is 2.09. The molecular weight excluding hydrogens is 428 g/mol. The predicted molar refractivity (Wildman–Crippen MR) is 132 cm³/mol. The second-order valence-electron chi connectivity index (χ2n) is 9.68. The summed E-state index contributed by atoms with van der Waals surface area (Å²) < 4.78 is 10.1. The highest BCUT2D eigenvalue weighted by molar-refractivity contribution is 6.01. The van der Waals surface area contributed by atoms with Crippen molar-refractivity contribution < 1.29 is 9.53 Å². The monoisotopic (exact) mass is 458 g/mol. The number of methoxy groups -OCH3 is 1. The van der Waals surface area contributed by atoms with Crippen molar-refractivity contribution in [2.45, 2.75) is 38.3 Å². The Bertz CT molecular complexity index is 1400. The van der Waals surface area contributed by atoms with Crippen LogP contribution in [0.25, 0.3) is 33.6 Å². The topological polar surface area (TPSA) is 91.2 Å². The van der Waals surface area contributed by atoms with Gasteiger partial charge in [-0.15, -0.1) is 0 Å². The van der Waals surface area contributed by atoms with E-state index in [4.69, 9.17) is 15.5 Å². The van der Waals surface area contributed by atoms with Gasteiger partial charge in [0.1, 0.15) is 5.75 Å². The Morgan fingerprint density at radius 1 is 1.18 bits per heavy atom. The number of ether oxygens (including phenoxy) is 1. The van der Waals surface area contributed by atoms with Crippen LogP contribution in [0.5, 0.6) is 5.75 Å². The lowest BCUT2D eigenvalue weighted by Crippen LogP contribution is -2.45. The van der Waals surface area contributed by atoms with E-state index in [1.807, 2.05) is 36.3 Å². The number of rotatable bonds is 5. The van der Waals surface area contributed by atoms with Crippen molar-refractivity contribution in [2.24, 2.45) is 18.7 Å². The van der Waals surface area contributed by atoms with Gasteiger partial charge in [0, 0.05) is 45.0 Å². The van der Waals surface area contributed by atoms with E-state index < -0.39 is 0 Å². The SMILES string of the molecule is COc1cc2c(cc1C(=O)N1CCC[C@@H](N)C1)nc(-c1cc3ncccc3n1CC1CC1)n2C. The van der Waals surface area contributed by atoms with E-state index in [1.54, 1.807) is 7.11 Å². The van der Waals surface area contributed by atoms with Crippen LogP contribution in [-0.4, -0.2) is 56.2 Å². The van der Waals surface area contributed by atoms with Crippen molar-refractivity contribution in [2.75, 3.05) is 20.2 Å². The maximum Gasteiger partial charge on any atom is 0.257 e. The lowest BCUT2D eigenvalue weighted by molar-refractivity contribution is 0.0705. The van der Waals surface area contributed by atoms with Crippen molar-refractivity contribution in [3.63, 3.8) is 0 Å². The van der Waals surface area contributed by atoms with Gasteiger partial charge in [0.2, 0.25) is 0 Å². The number of piperidine rings is 1. The molecule has 1 saturated heterocycles. The van der Waals surface area contributed by atoms with Gasteiger partial charge < -0.3 is 24.5 Å². The van der Waals surface area contributed by atoms with Crippen molar-refractivity contribution >= 4 is 28.0 Å². The van der Waals surface area contributed by atoms with E-state index in [0.717, 1.165) is 59.5 Å². The van der Waals surface area contributed by atoms with Gasteiger partial charge in [0.15, 0.2) is 5.82 Å². The van der Waals surface area contributed by atoms with Crippen LogP contribution in [0.1, 0.15) is 36.0 Å². The molecule has 34 heavy (non-hydrogen) atoms. The van der Waals surface area contributed by atoms with Gasteiger partial charge in [0.05, 0.1) is 40.4 Å². The molecule has 6 rings (SSSR count). The fourth-order valence-corrected chi connectivity index (χ4v) is 5.18. The molecule has 2 aliphatic rings. The largest absolute Gasteiger partial charge is 0.496 e. The molecule has 8 heteroatoms. The number of likely N-dealkylation sites (tertiary alicyclic amines) is 1. The molecule has 3 aromatic heterocycles. The molecule has 0 bridgehead atoms. The van der Waals surface area contributed by atoms with E-state index in [0.29, 0.717) is 23.8 Å². The van der Waals surface area contributed by atoms with Crippen LogP contribution in [-0.2, 0) is 13.6 Å². The van der Waals surface area contributed by atoms with Crippen molar-refractivity contribution in [1.29, 1.82) is 0 Å². The van der Waals surface area contributed by atoms with E-state index >= 15 is 0 Å². The number of carbonyl (C=O) groups excluding carboxylic acids is 1. The van der Waals surface area contributed by atoms with Gasteiger partial charge in [-0.25, -0.2) is 4.98 Å². The molecule has 1 atom stereocenters. The number of fused-ring (bicyclic) bond motifs is 2. The van der Waals surface area contributed by atoms with Crippen LogP contribution < -0.4 is 10.5 Å². The smallest absolute Gasteiger partial charge is 0.257 e. The summed E-state index contributed by atoms with van der Waals surface area (Å²) >= 11 is 0. The number of aryl methyl sites for hydroxylation is 1. The number of imidazole rings is 1. The second kappa shape index (κ2) is 8.13. The third kappa shape index (κ3) is 3.53. The summed E-state index contributed by atoms with van der Waals surface area (Å²) in [6, 6.07) is 10.1. The zero-order valence-corrected chi connectivity index (χ0v) is 19.7. The standard InChI is InChI=1S/C26H30N6O2/c1-30-22-13-24(34-2)18(26(33)31-10-4-5-17(27)15-31)11-20(22)29-25(30)23-12-19-21(6-3-9-28-19)32(23)14-16-7-8-16/h3,6,9,11-13,16-17H,4-5,7-8,10,14-15,27H2,1-2H3/t17-/m1/s1. The van der Waals surface area contributed by atoms with Gasteiger partial charge in [0.25, 0.3) is 5.91 Å². The molecule has 176 valence electrons. The summed E-state index contributed by atoms with van der Waals surface area (Å²) in [5.41, 5.74) is 11.5. The highest BCUT2D eigenvalue weighted by atomic mass is 16.5. The fourth-order valence-electron chi connectivity index (χ4n) is 5.18. The molecule has 0 spiro atoms. The number of hydrogen-bond donors (Lipinski definition) is 1. The number of carbonyl (C=O) groups is 1. The molecule has 1 aliphatic carbocycles. The zero-order chi connectivity index (χ0) is 23.4. The van der Waals surface area contributed by atoms with E-state index in [9.17, 15) is 4.79 Å². The average Bonchev–Trinajstić information content (AvgIpc) is 3.53. The van der Waals surface area contributed by atoms with Crippen LogP contribution in [0.2, 0.25) is 0 Å². The minimum atomic E-state index is -0.0480. The Hall–Kier alpha value is -3.39. The Kier molecular flexibility index (Phi) is 5.06. The zero-order valence-electron chi connectivity index (χ0n) is 19.7. The molecular formula is C26H30N6O2. The number of pyridine rings is 1. The summed E-state index contributed by atoms with van der Waals surface area (Å²) in [5, 5.41) is 0. The van der Waals surface area contributed by atoms with E-state index in [1.165, 1.54) is 12.8 Å². The van der Waals surface area contributed by atoms with Crippen LogP contribution in [0.15, 0.2) is 36.5 Å². The maximum atomic E-state index is 13.4. The van der Waals surface area contributed by atoms with Crippen LogP contribution in [0.3, 0.4) is 0 Å². The number of hydrogen-bond acceptors (Lipinski definition) is 5. The van der Waals surface area contributed by atoms with Gasteiger partial charge in [-0.05, 0) is 55.9 Å². The van der Waals surface area contributed by atoms with Gasteiger partial charge in [-0.1, -0.05) is 0 Å². The first-order valence-electron chi connectivity index (χ1n) is 12.1. The predicted octanol–water partition coefficient (Wildman–Crippen LogP) is 3.57. The van der Waals surface area contributed by atoms with Crippen LogP contribution in [0, 0.1) is 5.92 Å². The quantitative estimate of drug-likeness (QED) is 0.494. The van der Waals surface area contributed by atoms with Crippen molar-refractivity contribution in [3.8, 4) is 17.3 Å². The lowest BCUT2D eigenvalue weighted by atomic mass is 10.0. The normalized spacial score (nSPS) is 18.7. The Labute approximate surface area is 198 Å². The van der Waals surface area contributed by atoms with Gasteiger partial charge in [-0.2, -0.15) is 0 Å². The molecule has 2 fully saturated rings. The first-order chi connectivity index (χ1) is 16.5. The van der Waals surface area contributed by atoms with Crippen LogP contribution in [0.4, 0.5) is 0 Å². The maximum absolute atomic E-state index is 13.4. The summed E-state index contributed by atoms with van der Waals surface area (Å²) in [7, 11) is 3.62. The minimum Gasteiger partial charge on any atom is -0.496 e. The molecule has 1 saturated carbocycles. The number of nitrogens with zero attached hydrogens (tertiary/aromatic N) is 5. The molecule has 4 aromatic rings. The minimum absolute atomic E-state index is 0.0240. The molecule has 0 unspecified atom stereocenters. The third-order valence-corrected chi connectivity index (χ3v) is 7.22. The Morgan fingerprint density at radius 2 is 2.03 bits per heavy atom. The lowest BCUT2D eigenvalue weighted by Gasteiger charge is -2.31. The molecule has 4 heterocycles. The summed E-state index contributed by atoms with van der Waals surface area (Å²) in [6.07, 6.45) is 6.24. The number of amides is 1. The fraction of sp³-hybridized carbons (Fsp3) is 0.423. The molecule has 2 N–H and O–H groups in total. The first-order valence-corrected chi connectivity index (χ1v) is 12.1. The highest BCUT2D eigenvalue weighted by Gasteiger charge is 2.28. The molecule has 1 aromatic carbocycles. The van der Waals surface area contributed by atoms with Crippen LogP contribution >= 0.6 is 0 Å². The molecule has 8 nitrogen and oxygen atoms in total. The number of nitrogens with two attached hydrogens (primary N) is 1. The van der Waals surface area contributed by atoms with Gasteiger partial charge in [-0.3, -0.25) is 9.78 Å². The number of benzene rings is 1. The third-order valence-electron chi connectivity index (χ3n) is 7.22. The Balaban J connectivity index is 1.47. The van der Waals surface area contributed by atoms with Crippen molar-refractivity contribution in [3.05, 3.63) is 42.1 Å². The Morgan fingerprint density at radius 3 is 2.79 bits per heavy atom. The molecule has 0 radical (unpaired) electrons.